The molecule has 0 bridgehead atoms. The zero-order valence-electron chi connectivity index (χ0n) is 24.4. The minimum atomic E-state index is 0.727. The average molecular weight is 521 g/mol. The zero-order chi connectivity index (χ0) is 26.6. The van der Waals surface area contributed by atoms with Crippen LogP contribution >= 0.6 is 0 Å². The molecule has 2 aliphatic carbocycles. The van der Waals surface area contributed by atoms with Gasteiger partial charge in [0.1, 0.15) is 11.5 Å². The van der Waals surface area contributed by atoms with E-state index in [1.807, 2.05) is 0 Å². The first-order valence-electron chi connectivity index (χ1n) is 15.4. The lowest BCUT2D eigenvalue weighted by Crippen LogP contribution is -2.38. The summed E-state index contributed by atoms with van der Waals surface area (Å²) in [6.45, 7) is 8.13. The predicted octanol–water partition coefficient (Wildman–Crippen LogP) is 7.95. The van der Waals surface area contributed by atoms with Crippen LogP contribution < -0.4 is 9.47 Å². The van der Waals surface area contributed by atoms with Crippen molar-refractivity contribution in [3.8, 4) is 11.5 Å². The SMILES string of the molecule is CCCN(Cc1ccc(OC)cc1)C1CCCC1CCCN(Cc1ccc(OC)cc1)CC1CCCCC1. The van der Waals surface area contributed by atoms with Crippen molar-refractivity contribution in [1.29, 1.82) is 0 Å². The number of benzene rings is 2. The Balaban J connectivity index is 1.34. The maximum atomic E-state index is 5.39. The Morgan fingerprint density at radius 3 is 1.95 bits per heavy atom. The van der Waals surface area contributed by atoms with Gasteiger partial charge in [-0.2, -0.15) is 0 Å². The molecule has 0 aliphatic heterocycles. The fourth-order valence-electron chi connectivity index (χ4n) is 6.99. The summed E-state index contributed by atoms with van der Waals surface area (Å²) in [5, 5.41) is 0. The fraction of sp³-hybridized carbons (Fsp3) is 0.647. The van der Waals surface area contributed by atoms with E-state index >= 15 is 0 Å². The fourth-order valence-corrected chi connectivity index (χ4v) is 6.99. The lowest BCUT2D eigenvalue weighted by atomic mass is 9.88. The summed E-state index contributed by atoms with van der Waals surface area (Å²) in [6, 6.07) is 18.2. The van der Waals surface area contributed by atoms with Gasteiger partial charge in [0.2, 0.25) is 0 Å². The van der Waals surface area contributed by atoms with E-state index in [0.717, 1.165) is 42.5 Å². The molecule has 4 heteroatoms. The molecule has 0 saturated heterocycles. The normalized spacial score (nSPS) is 20.3. The Morgan fingerprint density at radius 2 is 1.34 bits per heavy atom. The van der Waals surface area contributed by atoms with E-state index in [0.29, 0.717) is 0 Å². The quantitative estimate of drug-likeness (QED) is 0.238. The first kappa shape index (κ1) is 29.0. The maximum absolute atomic E-state index is 5.39. The molecular formula is C34H52N2O2. The van der Waals surface area contributed by atoms with Crippen LogP contribution in [0.4, 0.5) is 0 Å². The standard InChI is InChI=1S/C34H52N2O2/c1-4-23-36(27-30-17-21-33(38-3)22-18-30)34-14-8-12-31(34)13-9-24-35(25-28-10-6-5-7-11-28)26-29-15-19-32(37-2)20-16-29/h15-22,28,31,34H,4-14,23-27H2,1-3H3. The molecule has 2 saturated carbocycles. The Hall–Kier alpha value is -2.04. The van der Waals surface area contributed by atoms with Gasteiger partial charge in [0.15, 0.2) is 0 Å². The van der Waals surface area contributed by atoms with Crippen molar-refractivity contribution in [2.45, 2.75) is 96.7 Å². The molecule has 2 unspecified atom stereocenters. The smallest absolute Gasteiger partial charge is 0.118 e. The molecule has 4 rings (SSSR count). The average Bonchev–Trinajstić information content (AvgIpc) is 3.42. The van der Waals surface area contributed by atoms with Crippen LogP contribution in [0.5, 0.6) is 11.5 Å². The number of hydrogen-bond donors (Lipinski definition) is 0. The lowest BCUT2D eigenvalue weighted by molar-refractivity contribution is 0.139. The van der Waals surface area contributed by atoms with Crippen molar-refractivity contribution in [2.75, 3.05) is 33.9 Å². The van der Waals surface area contributed by atoms with E-state index in [1.165, 1.54) is 101 Å². The molecule has 38 heavy (non-hydrogen) atoms. The first-order valence-corrected chi connectivity index (χ1v) is 15.4. The van der Waals surface area contributed by atoms with Crippen LogP contribution in [-0.2, 0) is 13.1 Å². The highest BCUT2D eigenvalue weighted by Crippen LogP contribution is 2.35. The Morgan fingerprint density at radius 1 is 0.711 bits per heavy atom. The Labute approximate surface area is 232 Å². The van der Waals surface area contributed by atoms with Gasteiger partial charge in [-0.1, -0.05) is 56.9 Å². The molecule has 2 aliphatic rings. The molecule has 0 aromatic heterocycles. The highest BCUT2D eigenvalue weighted by molar-refractivity contribution is 5.28. The van der Waals surface area contributed by atoms with Crippen molar-refractivity contribution in [1.82, 2.24) is 9.80 Å². The summed E-state index contributed by atoms with van der Waals surface area (Å²) < 4.78 is 10.8. The van der Waals surface area contributed by atoms with Crippen LogP contribution in [-0.4, -0.2) is 49.7 Å². The van der Waals surface area contributed by atoms with Crippen LogP contribution in [0.2, 0.25) is 0 Å². The van der Waals surface area contributed by atoms with Crippen LogP contribution in [0.15, 0.2) is 48.5 Å². The third-order valence-corrected chi connectivity index (χ3v) is 9.00. The molecule has 0 heterocycles. The van der Waals surface area contributed by atoms with Gasteiger partial charge in [-0.15, -0.1) is 0 Å². The molecule has 0 radical (unpaired) electrons. The van der Waals surface area contributed by atoms with Gasteiger partial charge in [-0.3, -0.25) is 9.80 Å². The topological polar surface area (TPSA) is 24.9 Å². The number of ether oxygens (including phenoxy) is 2. The summed E-state index contributed by atoms with van der Waals surface area (Å²) in [5.41, 5.74) is 2.82. The van der Waals surface area contributed by atoms with E-state index in [1.54, 1.807) is 14.2 Å². The van der Waals surface area contributed by atoms with E-state index in [4.69, 9.17) is 9.47 Å². The van der Waals surface area contributed by atoms with Crippen molar-refractivity contribution in [2.24, 2.45) is 11.8 Å². The number of methoxy groups -OCH3 is 2. The first-order chi connectivity index (χ1) is 18.7. The molecule has 2 aromatic rings. The Bertz CT molecular complexity index is 907. The molecule has 2 aromatic carbocycles. The van der Waals surface area contributed by atoms with Gasteiger partial charge >= 0.3 is 0 Å². The van der Waals surface area contributed by atoms with Crippen molar-refractivity contribution >= 4 is 0 Å². The van der Waals surface area contributed by atoms with Crippen molar-refractivity contribution in [3.63, 3.8) is 0 Å². The lowest BCUT2D eigenvalue weighted by Gasteiger charge is -2.34. The molecule has 2 fully saturated rings. The Kier molecular flexibility index (Phi) is 11.8. The van der Waals surface area contributed by atoms with Gasteiger partial charge in [0, 0.05) is 25.7 Å². The van der Waals surface area contributed by atoms with Crippen LogP contribution in [0, 0.1) is 11.8 Å². The number of hydrogen-bond acceptors (Lipinski definition) is 4. The molecule has 0 spiro atoms. The molecular weight excluding hydrogens is 468 g/mol. The summed E-state index contributed by atoms with van der Waals surface area (Å²) in [7, 11) is 3.49. The van der Waals surface area contributed by atoms with E-state index in [-0.39, 0.29) is 0 Å². The van der Waals surface area contributed by atoms with E-state index in [9.17, 15) is 0 Å². The van der Waals surface area contributed by atoms with Crippen LogP contribution in [0.3, 0.4) is 0 Å². The minimum Gasteiger partial charge on any atom is -0.497 e. The van der Waals surface area contributed by atoms with E-state index in [2.05, 4.69) is 65.3 Å². The molecule has 210 valence electrons. The van der Waals surface area contributed by atoms with Gasteiger partial charge in [-0.25, -0.2) is 0 Å². The summed E-state index contributed by atoms with van der Waals surface area (Å²) in [5.74, 6) is 3.61. The minimum absolute atomic E-state index is 0.727. The van der Waals surface area contributed by atoms with E-state index < -0.39 is 0 Å². The van der Waals surface area contributed by atoms with Crippen LogP contribution in [0.1, 0.15) is 88.7 Å². The highest BCUT2D eigenvalue weighted by atomic mass is 16.5. The second-order valence-corrected chi connectivity index (χ2v) is 11.8. The third kappa shape index (κ3) is 8.74. The monoisotopic (exact) mass is 520 g/mol. The second kappa shape index (κ2) is 15.5. The summed E-state index contributed by atoms with van der Waals surface area (Å²) in [4.78, 5) is 5.56. The molecule has 0 amide bonds. The summed E-state index contributed by atoms with van der Waals surface area (Å²) in [6.07, 6.45) is 15.1. The van der Waals surface area contributed by atoms with Gasteiger partial charge in [0.25, 0.3) is 0 Å². The van der Waals surface area contributed by atoms with Gasteiger partial charge in [-0.05, 0) is 105 Å². The molecule has 0 N–H and O–H groups in total. The predicted molar refractivity (Wildman–Crippen MR) is 159 cm³/mol. The summed E-state index contributed by atoms with van der Waals surface area (Å²) >= 11 is 0. The van der Waals surface area contributed by atoms with Crippen molar-refractivity contribution < 1.29 is 9.47 Å². The van der Waals surface area contributed by atoms with Gasteiger partial charge < -0.3 is 9.47 Å². The molecule has 2 atom stereocenters. The maximum Gasteiger partial charge on any atom is 0.118 e. The highest BCUT2D eigenvalue weighted by Gasteiger charge is 2.31. The van der Waals surface area contributed by atoms with Crippen molar-refractivity contribution in [3.05, 3.63) is 59.7 Å². The third-order valence-electron chi connectivity index (χ3n) is 9.00. The number of rotatable bonds is 15. The number of nitrogens with zero attached hydrogens (tertiary/aromatic N) is 2. The zero-order valence-corrected chi connectivity index (χ0v) is 24.4. The van der Waals surface area contributed by atoms with Gasteiger partial charge in [0.05, 0.1) is 14.2 Å². The largest absolute Gasteiger partial charge is 0.497 e. The second-order valence-electron chi connectivity index (χ2n) is 11.8. The molecule has 4 nitrogen and oxygen atoms in total. The van der Waals surface area contributed by atoms with Crippen LogP contribution in [0.25, 0.3) is 0 Å².